The number of rotatable bonds is 2. The van der Waals surface area contributed by atoms with Crippen LogP contribution >= 0.6 is 0 Å². The molecule has 1 saturated carbocycles. The molecule has 0 radical (unpaired) electrons. The largest absolute Gasteiger partial charge is 0.478 e. The summed E-state index contributed by atoms with van der Waals surface area (Å²) in [5, 5.41) is 8.98. The summed E-state index contributed by atoms with van der Waals surface area (Å²) in [6.07, 6.45) is 4.33. The Labute approximate surface area is 113 Å². The number of carboxylic acids is 1. The smallest absolute Gasteiger partial charge is 0.331 e. The van der Waals surface area contributed by atoms with E-state index in [0.29, 0.717) is 18.7 Å². The number of nitrogens with zero attached hydrogens (tertiary/aromatic N) is 1. The topological polar surface area (TPSA) is 66.8 Å². The molecule has 0 bridgehead atoms. The summed E-state index contributed by atoms with van der Waals surface area (Å²) in [7, 11) is 0. The van der Waals surface area contributed by atoms with Crippen LogP contribution < -0.4 is 0 Å². The van der Waals surface area contributed by atoms with Crippen LogP contribution in [0.2, 0.25) is 0 Å². The van der Waals surface area contributed by atoms with Crippen molar-refractivity contribution >= 4 is 11.9 Å². The standard InChI is InChI=1S/C14H21NO4/c1-9(10(2)14(17)18)13(16)15-7-8-19-12-6-4-3-5-11(12)15/h11-12H,3-8H2,1-2H3,(H,17,18). The Hall–Kier alpha value is -1.36. The monoisotopic (exact) mass is 267 g/mol. The SMILES string of the molecule is CC(C(=O)O)=C(C)C(=O)N1CCOC2CCCCC21. The van der Waals surface area contributed by atoms with Crippen LogP contribution in [0.3, 0.4) is 0 Å². The van der Waals surface area contributed by atoms with Crippen molar-refractivity contribution in [3.8, 4) is 0 Å². The van der Waals surface area contributed by atoms with Gasteiger partial charge in [0.2, 0.25) is 5.91 Å². The van der Waals surface area contributed by atoms with Crippen molar-refractivity contribution in [3.05, 3.63) is 11.1 Å². The molecule has 1 aliphatic carbocycles. The van der Waals surface area contributed by atoms with E-state index in [-0.39, 0.29) is 23.6 Å². The van der Waals surface area contributed by atoms with Crippen molar-refractivity contribution in [1.29, 1.82) is 0 Å². The van der Waals surface area contributed by atoms with E-state index < -0.39 is 5.97 Å². The molecule has 1 N–H and O–H groups in total. The fourth-order valence-electron chi connectivity index (χ4n) is 2.88. The molecule has 0 spiro atoms. The van der Waals surface area contributed by atoms with Crippen LogP contribution in [-0.4, -0.2) is 47.2 Å². The van der Waals surface area contributed by atoms with Crippen molar-refractivity contribution < 1.29 is 19.4 Å². The number of fused-ring (bicyclic) bond motifs is 1. The fraction of sp³-hybridized carbons (Fsp3) is 0.714. The van der Waals surface area contributed by atoms with E-state index in [1.54, 1.807) is 6.92 Å². The van der Waals surface area contributed by atoms with Crippen molar-refractivity contribution in [3.63, 3.8) is 0 Å². The van der Waals surface area contributed by atoms with E-state index in [1.807, 2.05) is 4.90 Å². The average molecular weight is 267 g/mol. The summed E-state index contributed by atoms with van der Waals surface area (Å²) in [4.78, 5) is 25.2. The van der Waals surface area contributed by atoms with Gasteiger partial charge in [-0.2, -0.15) is 0 Å². The van der Waals surface area contributed by atoms with Gasteiger partial charge in [0.25, 0.3) is 0 Å². The van der Waals surface area contributed by atoms with Crippen LogP contribution in [0.15, 0.2) is 11.1 Å². The third-order valence-corrected chi connectivity index (χ3v) is 4.20. The highest BCUT2D eigenvalue weighted by atomic mass is 16.5. The average Bonchev–Trinajstić information content (AvgIpc) is 2.44. The number of carbonyl (C=O) groups excluding carboxylic acids is 1. The zero-order valence-electron chi connectivity index (χ0n) is 11.5. The van der Waals surface area contributed by atoms with Gasteiger partial charge in [-0.15, -0.1) is 0 Å². The van der Waals surface area contributed by atoms with Gasteiger partial charge in [0.1, 0.15) is 0 Å². The van der Waals surface area contributed by atoms with Crippen LogP contribution in [0.4, 0.5) is 0 Å². The first-order valence-corrected chi connectivity index (χ1v) is 6.85. The predicted molar refractivity (Wildman–Crippen MR) is 69.7 cm³/mol. The van der Waals surface area contributed by atoms with Crippen molar-refractivity contribution in [2.24, 2.45) is 0 Å². The molecule has 19 heavy (non-hydrogen) atoms. The molecule has 5 nitrogen and oxygen atoms in total. The Morgan fingerprint density at radius 2 is 1.84 bits per heavy atom. The number of aliphatic carboxylic acids is 1. The van der Waals surface area contributed by atoms with E-state index in [4.69, 9.17) is 9.84 Å². The van der Waals surface area contributed by atoms with E-state index in [0.717, 1.165) is 25.7 Å². The first-order valence-electron chi connectivity index (χ1n) is 6.85. The van der Waals surface area contributed by atoms with E-state index >= 15 is 0 Å². The second kappa shape index (κ2) is 5.74. The molecule has 2 atom stereocenters. The van der Waals surface area contributed by atoms with Crippen molar-refractivity contribution in [1.82, 2.24) is 4.90 Å². The van der Waals surface area contributed by atoms with Crippen LogP contribution in [0.25, 0.3) is 0 Å². The summed E-state index contributed by atoms with van der Waals surface area (Å²) >= 11 is 0. The predicted octanol–water partition coefficient (Wildman–Crippen LogP) is 1.58. The van der Waals surface area contributed by atoms with Gasteiger partial charge in [-0.3, -0.25) is 4.79 Å². The Morgan fingerprint density at radius 3 is 2.53 bits per heavy atom. The molecule has 1 heterocycles. The van der Waals surface area contributed by atoms with Gasteiger partial charge < -0.3 is 14.7 Å². The van der Waals surface area contributed by atoms with Gasteiger partial charge in [-0.05, 0) is 26.7 Å². The van der Waals surface area contributed by atoms with Gasteiger partial charge in [0.15, 0.2) is 0 Å². The van der Waals surface area contributed by atoms with Gasteiger partial charge in [-0.1, -0.05) is 12.8 Å². The van der Waals surface area contributed by atoms with Gasteiger partial charge in [0.05, 0.1) is 18.8 Å². The highest BCUT2D eigenvalue weighted by molar-refractivity contribution is 6.01. The zero-order valence-corrected chi connectivity index (χ0v) is 11.5. The molecule has 2 rings (SSSR count). The molecule has 1 amide bonds. The van der Waals surface area contributed by atoms with E-state index in [1.165, 1.54) is 6.92 Å². The van der Waals surface area contributed by atoms with Gasteiger partial charge >= 0.3 is 5.97 Å². The van der Waals surface area contributed by atoms with Gasteiger partial charge in [0, 0.05) is 17.7 Å². The highest BCUT2D eigenvalue weighted by Gasteiger charge is 2.37. The molecule has 2 unspecified atom stereocenters. The number of hydrogen-bond acceptors (Lipinski definition) is 3. The van der Waals surface area contributed by atoms with Crippen molar-refractivity contribution in [2.75, 3.05) is 13.2 Å². The summed E-state index contributed by atoms with van der Waals surface area (Å²) in [6.45, 7) is 4.18. The molecule has 1 saturated heterocycles. The molecular weight excluding hydrogens is 246 g/mol. The number of carbonyl (C=O) groups is 2. The third-order valence-electron chi connectivity index (χ3n) is 4.20. The number of ether oxygens (including phenoxy) is 1. The maximum Gasteiger partial charge on any atom is 0.331 e. The lowest BCUT2D eigenvalue weighted by molar-refractivity contribution is -0.146. The molecule has 2 fully saturated rings. The van der Waals surface area contributed by atoms with E-state index in [2.05, 4.69) is 0 Å². The lowest BCUT2D eigenvalue weighted by atomic mass is 9.89. The molecule has 5 heteroatoms. The first-order chi connectivity index (χ1) is 9.02. The second-order valence-corrected chi connectivity index (χ2v) is 5.31. The normalized spacial score (nSPS) is 28.4. The minimum Gasteiger partial charge on any atom is -0.478 e. The van der Waals surface area contributed by atoms with Gasteiger partial charge in [-0.25, -0.2) is 4.79 Å². The Bertz CT molecular complexity index is 414. The minimum absolute atomic E-state index is 0.117. The summed E-state index contributed by atoms with van der Waals surface area (Å²) in [6, 6.07) is 0.117. The third kappa shape index (κ3) is 2.81. The molecule has 0 aromatic rings. The van der Waals surface area contributed by atoms with Crippen molar-refractivity contribution in [2.45, 2.75) is 51.7 Å². The molecule has 106 valence electrons. The number of morpholine rings is 1. The Morgan fingerprint density at radius 1 is 1.16 bits per heavy atom. The van der Waals surface area contributed by atoms with E-state index in [9.17, 15) is 9.59 Å². The first kappa shape index (κ1) is 14.1. The van der Waals surface area contributed by atoms with Crippen LogP contribution in [0, 0.1) is 0 Å². The lowest BCUT2D eigenvalue weighted by Crippen LogP contribution is -2.55. The maximum absolute atomic E-state index is 12.4. The fourth-order valence-corrected chi connectivity index (χ4v) is 2.88. The minimum atomic E-state index is -1.03. The maximum atomic E-state index is 12.4. The molecule has 1 aliphatic heterocycles. The van der Waals surface area contributed by atoms with Crippen LogP contribution in [0.5, 0.6) is 0 Å². The number of hydrogen-bond donors (Lipinski definition) is 1. The number of carboxylic acid groups (broad SMARTS) is 1. The Balaban J connectivity index is 2.18. The molecule has 2 aliphatic rings. The second-order valence-electron chi connectivity index (χ2n) is 5.31. The quantitative estimate of drug-likeness (QED) is 0.771. The molecular formula is C14H21NO4. The van der Waals surface area contributed by atoms with Crippen LogP contribution in [0.1, 0.15) is 39.5 Å². The Kier molecular flexibility index (Phi) is 4.24. The van der Waals surface area contributed by atoms with Crippen LogP contribution in [-0.2, 0) is 14.3 Å². The molecule has 0 aromatic carbocycles. The summed E-state index contributed by atoms with van der Waals surface area (Å²) in [5.41, 5.74) is 0.461. The zero-order chi connectivity index (χ0) is 14.0. The molecule has 0 aromatic heterocycles. The summed E-state index contributed by atoms with van der Waals surface area (Å²) in [5.74, 6) is -1.18. The summed E-state index contributed by atoms with van der Waals surface area (Å²) < 4.78 is 5.72. The lowest BCUT2D eigenvalue weighted by Gasteiger charge is -2.44. The number of amides is 1. The highest BCUT2D eigenvalue weighted by Crippen LogP contribution is 2.29.